The number of carbonyl (C=O) groups excluding carboxylic acids is 2. The standard InChI is InChI=1S/C25H30N8O2.C2HF3O2/c34-24(28-18-1-5-20(6-2-18)32-13-9-26-10-14-32)22-17-23(31-30-22)25(35)29-19-3-7-21(8-4-19)33-15-11-27-12-16-33;3-2(4,5)1(6)7/h1-8,17,26-27H,9-16H2,(H,28,34)(H,29,35)(H,30,31);(H,6,7). The quantitative estimate of drug-likeness (QED) is 0.255. The van der Waals surface area contributed by atoms with Crippen molar-refractivity contribution in [3.63, 3.8) is 0 Å². The largest absolute Gasteiger partial charge is 0.490 e. The molecular formula is C27H31F3N8O4. The highest BCUT2D eigenvalue weighted by molar-refractivity contribution is 6.07. The number of carboxylic acids is 1. The molecule has 2 aromatic carbocycles. The van der Waals surface area contributed by atoms with Crippen molar-refractivity contribution in [2.75, 3.05) is 72.8 Å². The summed E-state index contributed by atoms with van der Waals surface area (Å²) in [5.41, 5.74) is 3.98. The Labute approximate surface area is 239 Å². The third-order valence-electron chi connectivity index (χ3n) is 6.51. The van der Waals surface area contributed by atoms with Gasteiger partial charge in [0.1, 0.15) is 5.69 Å². The number of anilines is 4. The van der Waals surface area contributed by atoms with Gasteiger partial charge in [0.05, 0.1) is 0 Å². The summed E-state index contributed by atoms with van der Waals surface area (Å²) in [6, 6.07) is 17.0. The van der Waals surface area contributed by atoms with Crippen LogP contribution in [0.4, 0.5) is 35.9 Å². The van der Waals surface area contributed by atoms with Gasteiger partial charge in [0, 0.05) is 81.2 Å². The topological polar surface area (TPSA) is 155 Å². The Kier molecular flexibility index (Phi) is 9.98. The maximum absolute atomic E-state index is 12.6. The number of piperazine rings is 2. The van der Waals surface area contributed by atoms with Crippen LogP contribution in [0, 0.1) is 0 Å². The summed E-state index contributed by atoms with van der Waals surface area (Å²) < 4.78 is 31.7. The van der Waals surface area contributed by atoms with Gasteiger partial charge in [-0.25, -0.2) is 4.79 Å². The molecule has 224 valence electrons. The fraction of sp³-hybridized carbons (Fsp3) is 0.333. The van der Waals surface area contributed by atoms with Crippen LogP contribution in [-0.4, -0.2) is 91.6 Å². The van der Waals surface area contributed by atoms with Gasteiger partial charge in [-0.05, 0) is 48.5 Å². The first kappa shape index (κ1) is 30.3. The second-order valence-electron chi connectivity index (χ2n) is 9.45. The molecule has 2 aliphatic rings. The summed E-state index contributed by atoms with van der Waals surface area (Å²) in [5.74, 6) is -3.49. The lowest BCUT2D eigenvalue weighted by molar-refractivity contribution is -0.192. The lowest BCUT2D eigenvalue weighted by Gasteiger charge is -2.29. The maximum Gasteiger partial charge on any atom is 0.490 e. The third-order valence-corrected chi connectivity index (χ3v) is 6.51. The normalized spacial score (nSPS) is 15.3. The smallest absolute Gasteiger partial charge is 0.475 e. The highest BCUT2D eigenvalue weighted by Crippen LogP contribution is 2.20. The number of benzene rings is 2. The monoisotopic (exact) mass is 588 g/mol. The number of nitrogens with zero attached hydrogens (tertiary/aromatic N) is 3. The molecule has 1 aromatic heterocycles. The SMILES string of the molecule is O=C(Nc1ccc(N2CCNCC2)cc1)c1cc(C(=O)Nc2ccc(N3CCNCC3)cc2)[nH]n1.O=C(O)C(F)(F)F. The average Bonchev–Trinajstić information content (AvgIpc) is 3.50. The Hall–Kier alpha value is -4.63. The fourth-order valence-corrected chi connectivity index (χ4v) is 4.31. The van der Waals surface area contributed by atoms with E-state index < -0.39 is 12.1 Å². The van der Waals surface area contributed by atoms with E-state index in [2.05, 4.69) is 41.3 Å². The predicted molar refractivity (Wildman–Crippen MR) is 151 cm³/mol. The zero-order chi connectivity index (χ0) is 30.1. The van der Waals surface area contributed by atoms with Gasteiger partial charge in [-0.2, -0.15) is 18.3 Å². The molecule has 0 spiro atoms. The molecule has 2 saturated heterocycles. The van der Waals surface area contributed by atoms with E-state index >= 15 is 0 Å². The molecule has 0 unspecified atom stereocenters. The molecule has 2 amide bonds. The van der Waals surface area contributed by atoms with E-state index in [1.807, 2.05) is 48.5 Å². The van der Waals surface area contributed by atoms with Gasteiger partial charge in [-0.3, -0.25) is 14.7 Å². The number of amides is 2. The highest BCUT2D eigenvalue weighted by atomic mass is 19.4. The second kappa shape index (κ2) is 13.8. The molecule has 0 saturated carbocycles. The Morgan fingerprint density at radius 2 is 1.14 bits per heavy atom. The van der Waals surface area contributed by atoms with E-state index in [0.29, 0.717) is 11.4 Å². The van der Waals surface area contributed by atoms with Crippen LogP contribution in [0.3, 0.4) is 0 Å². The summed E-state index contributed by atoms with van der Waals surface area (Å²) in [5, 5.41) is 26.2. The van der Waals surface area contributed by atoms with Gasteiger partial charge >= 0.3 is 12.1 Å². The number of hydrogen-bond acceptors (Lipinski definition) is 8. The average molecular weight is 589 g/mol. The van der Waals surface area contributed by atoms with Crippen molar-refractivity contribution in [2.24, 2.45) is 0 Å². The van der Waals surface area contributed by atoms with Gasteiger partial charge in [-0.15, -0.1) is 0 Å². The molecule has 3 heterocycles. The zero-order valence-electron chi connectivity index (χ0n) is 22.5. The van der Waals surface area contributed by atoms with Crippen LogP contribution in [-0.2, 0) is 4.79 Å². The van der Waals surface area contributed by atoms with E-state index in [1.54, 1.807) is 0 Å². The Balaban J connectivity index is 0.000000517. The van der Waals surface area contributed by atoms with Crippen LogP contribution in [0.5, 0.6) is 0 Å². The Bertz CT molecular complexity index is 1260. The number of aromatic amines is 1. The van der Waals surface area contributed by atoms with Crippen LogP contribution >= 0.6 is 0 Å². The third kappa shape index (κ3) is 8.44. The lowest BCUT2D eigenvalue weighted by Crippen LogP contribution is -2.43. The fourth-order valence-electron chi connectivity index (χ4n) is 4.31. The predicted octanol–water partition coefficient (Wildman–Crippen LogP) is 2.37. The number of carbonyl (C=O) groups is 3. The summed E-state index contributed by atoms with van der Waals surface area (Å²) in [6.07, 6.45) is -5.08. The minimum absolute atomic E-state index is 0.149. The van der Waals surface area contributed by atoms with Crippen molar-refractivity contribution in [1.29, 1.82) is 0 Å². The number of H-pyrrole nitrogens is 1. The van der Waals surface area contributed by atoms with Crippen LogP contribution in [0.25, 0.3) is 0 Å². The number of aromatic nitrogens is 2. The minimum Gasteiger partial charge on any atom is -0.475 e. The number of halogens is 3. The highest BCUT2D eigenvalue weighted by Gasteiger charge is 2.38. The van der Waals surface area contributed by atoms with E-state index in [0.717, 1.165) is 63.7 Å². The van der Waals surface area contributed by atoms with Crippen molar-refractivity contribution in [1.82, 2.24) is 20.8 Å². The van der Waals surface area contributed by atoms with Crippen molar-refractivity contribution < 1.29 is 32.7 Å². The van der Waals surface area contributed by atoms with E-state index in [4.69, 9.17) is 9.90 Å². The number of hydrogen-bond donors (Lipinski definition) is 6. The number of rotatable bonds is 6. The van der Waals surface area contributed by atoms with E-state index in [9.17, 15) is 22.8 Å². The molecule has 0 atom stereocenters. The Morgan fingerprint density at radius 3 is 1.55 bits per heavy atom. The van der Waals surface area contributed by atoms with Gasteiger partial charge in [0.25, 0.3) is 11.8 Å². The van der Waals surface area contributed by atoms with Gasteiger partial charge in [0.2, 0.25) is 0 Å². The molecule has 0 radical (unpaired) electrons. The minimum atomic E-state index is -5.08. The van der Waals surface area contributed by atoms with Crippen molar-refractivity contribution in [3.05, 3.63) is 66.0 Å². The van der Waals surface area contributed by atoms with E-state index in [1.165, 1.54) is 6.07 Å². The lowest BCUT2D eigenvalue weighted by atomic mass is 10.2. The van der Waals surface area contributed by atoms with Gasteiger partial charge < -0.3 is 36.2 Å². The summed E-state index contributed by atoms with van der Waals surface area (Å²) >= 11 is 0. The number of carboxylic acid groups (broad SMARTS) is 1. The van der Waals surface area contributed by atoms with E-state index in [-0.39, 0.29) is 23.2 Å². The van der Waals surface area contributed by atoms with Crippen molar-refractivity contribution >= 4 is 40.5 Å². The molecule has 6 N–H and O–H groups in total. The first-order valence-corrected chi connectivity index (χ1v) is 13.2. The van der Waals surface area contributed by atoms with Gasteiger partial charge in [-0.1, -0.05) is 0 Å². The molecule has 3 aromatic rings. The molecule has 2 fully saturated rings. The molecule has 2 aliphatic heterocycles. The molecule has 15 heteroatoms. The van der Waals surface area contributed by atoms with Crippen molar-refractivity contribution in [3.8, 4) is 0 Å². The number of alkyl halides is 3. The maximum atomic E-state index is 12.6. The number of aliphatic carboxylic acids is 1. The van der Waals surface area contributed by atoms with Crippen molar-refractivity contribution in [2.45, 2.75) is 6.18 Å². The molecule has 12 nitrogen and oxygen atoms in total. The first-order valence-electron chi connectivity index (χ1n) is 13.2. The summed E-state index contributed by atoms with van der Waals surface area (Å²) in [4.78, 5) is 38.8. The molecular weight excluding hydrogens is 557 g/mol. The van der Waals surface area contributed by atoms with Crippen LogP contribution < -0.4 is 31.1 Å². The number of nitrogens with one attached hydrogen (secondary N) is 5. The Morgan fingerprint density at radius 1 is 0.738 bits per heavy atom. The second-order valence-corrected chi connectivity index (χ2v) is 9.45. The van der Waals surface area contributed by atoms with Crippen LogP contribution in [0.2, 0.25) is 0 Å². The van der Waals surface area contributed by atoms with Gasteiger partial charge in [0.15, 0.2) is 5.69 Å². The zero-order valence-corrected chi connectivity index (χ0v) is 22.5. The van der Waals surface area contributed by atoms with Crippen LogP contribution in [0.15, 0.2) is 54.6 Å². The summed E-state index contributed by atoms with van der Waals surface area (Å²) in [6.45, 7) is 7.72. The summed E-state index contributed by atoms with van der Waals surface area (Å²) in [7, 11) is 0. The first-order chi connectivity index (χ1) is 20.1. The molecule has 0 aliphatic carbocycles. The molecule has 0 bridgehead atoms. The molecule has 42 heavy (non-hydrogen) atoms. The van der Waals surface area contributed by atoms with Crippen LogP contribution in [0.1, 0.15) is 21.0 Å². The molecule has 5 rings (SSSR count).